The van der Waals surface area contributed by atoms with Gasteiger partial charge in [-0.15, -0.1) is 0 Å². The fourth-order valence-corrected chi connectivity index (χ4v) is 4.00. The van der Waals surface area contributed by atoms with E-state index in [-0.39, 0.29) is 6.29 Å². The van der Waals surface area contributed by atoms with E-state index in [4.69, 9.17) is 10.2 Å². The predicted molar refractivity (Wildman–Crippen MR) is 105 cm³/mol. The summed E-state index contributed by atoms with van der Waals surface area (Å²) in [6.45, 7) is 8.43. The number of likely N-dealkylation sites (tertiary alicyclic amines) is 1. The number of nitrogens with two attached hydrogens (primary N) is 1. The summed E-state index contributed by atoms with van der Waals surface area (Å²) < 4.78 is 5.82. The van der Waals surface area contributed by atoms with Crippen molar-refractivity contribution in [2.45, 2.75) is 45.6 Å². The van der Waals surface area contributed by atoms with Gasteiger partial charge in [-0.1, -0.05) is 0 Å². The Balaban J connectivity index is 1.47. The molecular formula is C19H29N7O. The molecule has 4 N–H and O–H groups in total. The van der Waals surface area contributed by atoms with Crippen LogP contribution in [0.2, 0.25) is 0 Å². The minimum absolute atomic E-state index is 0.00855. The maximum atomic E-state index is 5.82. The molecule has 1 unspecified atom stereocenters. The molecule has 0 bridgehead atoms. The Labute approximate surface area is 160 Å². The predicted octanol–water partition coefficient (Wildman–Crippen LogP) is 1.41. The summed E-state index contributed by atoms with van der Waals surface area (Å²) >= 11 is 0. The molecule has 8 nitrogen and oxygen atoms in total. The van der Waals surface area contributed by atoms with Crippen LogP contribution in [0.25, 0.3) is 0 Å². The largest absolute Gasteiger partial charge is 0.444 e. The smallest absolute Gasteiger partial charge is 0.191 e. The minimum Gasteiger partial charge on any atom is -0.444 e. The van der Waals surface area contributed by atoms with E-state index in [1.807, 2.05) is 26.1 Å². The maximum Gasteiger partial charge on any atom is 0.191 e. The normalized spacial score (nSPS) is 20.7. The number of piperidine rings is 1. The van der Waals surface area contributed by atoms with Gasteiger partial charge in [0.15, 0.2) is 18.0 Å². The van der Waals surface area contributed by atoms with Gasteiger partial charge in [0.05, 0.1) is 17.9 Å². The summed E-state index contributed by atoms with van der Waals surface area (Å²) in [4.78, 5) is 13.6. The van der Waals surface area contributed by atoms with Gasteiger partial charge in [-0.25, -0.2) is 9.97 Å². The van der Waals surface area contributed by atoms with Crippen LogP contribution >= 0.6 is 0 Å². The van der Waals surface area contributed by atoms with Crippen molar-refractivity contribution in [2.24, 2.45) is 5.73 Å². The summed E-state index contributed by atoms with van der Waals surface area (Å²) in [6, 6.07) is 4.53. The van der Waals surface area contributed by atoms with E-state index < -0.39 is 0 Å². The number of oxazole rings is 1. The van der Waals surface area contributed by atoms with Gasteiger partial charge in [-0.2, -0.15) is 0 Å². The number of pyridine rings is 1. The molecule has 1 atom stereocenters. The number of rotatable bonds is 6. The van der Waals surface area contributed by atoms with Crippen LogP contribution in [0.4, 0.5) is 11.5 Å². The van der Waals surface area contributed by atoms with E-state index in [0.717, 1.165) is 62.0 Å². The Morgan fingerprint density at radius 3 is 2.85 bits per heavy atom. The fraction of sp³-hybridized carbons (Fsp3) is 0.579. The Kier molecular flexibility index (Phi) is 5.29. The van der Waals surface area contributed by atoms with E-state index in [1.54, 1.807) is 0 Å². The summed E-state index contributed by atoms with van der Waals surface area (Å²) in [7, 11) is 0. The molecule has 2 aromatic rings. The van der Waals surface area contributed by atoms with Crippen LogP contribution in [-0.2, 0) is 6.54 Å². The van der Waals surface area contributed by atoms with Gasteiger partial charge in [0.2, 0.25) is 0 Å². The number of hydrogen-bond acceptors (Lipinski definition) is 8. The van der Waals surface area contributed by atoms with Crippen molar-refractivity contribution < 1.29 is 4.42 Å². The molecule has 146 valence electrons. The summed E-state index contributed by atoms with van der Waals surface area (Å²) in [5, 5.41) is 7.30. The monoisotopic (exact) mass is 371 g/mol. The molecule has 0 amide bonds. The molecular weight excluding hydrogens is 342 g/mol. The van der Waals surface area contributed by atoms with Crippen molar-refractivity contribution in [1.82, 2.24) is 20.2 Å². The molecule has 2 aliphatic heterocycles. The zero-order chi connectivity index (χ0) is 18.8. The van der Waals surface area contributed by atoms with Crippen LogP contribution in [0.1, 0.15) is 30.2 Å². The molecule has 2 aromatic heterocycles. The quantitative estimate of drug-likeness (QED) is 0.702. The van der Waals surface area contributed by atoms with Gasteiger partial charge < -0.3 is 25.3 Å². The first-order valence-corrected chi connectivity index (χ1v) is 9.73. The van der Waals surface area contributed by atoms with E-state index in [9.17, 15) is 0 Å². The van der Waals surface area contributed by atoms with E-state index in [0.29, 0.717) is 18.5 Å². The van der Waals surface area contributed by atoms with Crippen LogP contribution in [0.15, 0.2) is 22.7 Å². The van der Waals surface area contributed by atoms with Crippen LogP contribution < -0.4 is 21.3 Å². The number of nitrogens with zero attached hydrogens (tertiary/aromatic N) is 4. The van der Waals surface area contributed by atoms with E-state index >= 15 is 0 Å². The average Bonchev–Trinajstić information content (AvgIpc) is 3.16. The van der Waals surface area contributed by atoms with Crippen molar-refractivity contribution in [2.75, 3.05) is 36.4 Å². The number of nitrogens with one attached hydrogen (secondary N) is 2. The minimum atomic E-state index is -0.00855. The lowest BCUT2D eigenvalue weighted by Crippen LogP contribution is -2.54. The third-order valence-electron chi connectivity index (χ3n) is 5.42. The number of anilines is 2. The number of aryl methyl sites for hydroxylation is 2. The van der Waals surface area contributed by atoms with Gasteiger partial charge in [0.1, 0.15) is 5.76 Å². The molecule has 2 aliphatic rings. The summed E-state index contributed by atoms with van der Waals surface area (Å²) in [5.74, 6) is 2.51. The van der Waals surface area contributed by atoms with Crippen molar-refractivity contribution in [1.29, 1.82) is 0 Å². The van der Waals surface area contributed by atoms with E-state index in [2.05, 4.69) is 36.5 Å². The van der Waals surface area contributed by atoms with E-state index in [1.165, 1.54) is 0 Å². The molecule has 0 radical (unpaired) electrons. The molecule has 27 heavy (non-hydrogen) atoms. The van der Waals surface area contributed by atoms with Crippen LogP contribution in [0.3, 0.4) is 0 Å². The molecule has 4 rings (SSSR count). The Hall–Kier alpha value is -2.16. The lowest BCUT2D eigenvalue weighted by Gasteiger charge is -2.36. The second-order valence-electron chi connectivity index (χ2n) is 7.36. The molecule has 1 saturated heterocycles. The molecule has 0 aromatic carbocycles. The topological polar surface area (TPSA) is 95.5 Å². The lowest BCUT2D eigenvalue weighted by atomic mass is 10.1. The Bertz CT molecular complexity index is 769. The van der Waals surface area contributed by atoms with Crippen LogP contribution in [-0.4, -0.2) is 53.4 Å². The molecule has 1 fully saturated rings. The third-order valence-corrected chi connectivity index (χ3v) is 5.42. The number of fused-ring (bicyclic) bond motifs is 1. The van der Waals surface area contributed by atoms with Crippen molar-refractivity contribution in [3.8, 4) is 0 Å². The van der Waals surface area contributed by atoms with Gasteiger partial charge in [0, 0.05) is 32.3 Å². The summed E-state index contributed by atoms with van der Waals surface area (Å²) in [5.41, 5.74) is 7.72. The third kappa shape index (κ3) is 3.92. The molecule has 0 spiro atoms. The van der Waals surface area contributed by atoms with Crippen molar-refractivity contribution in [3.63, 3.8) is 0 Å². The lowest BCUT2D eigenvalue weighted by molar-refractivity contribution is 0.196. The first-order valence-electron chi connectivity index (χ1n) is 9.73. The van der Waals surface area contributed by atoms with Crippen LogP contribution in [0, 0.1) is 13.8 Å². The highest BCUT2D eigenvalue weighted by Gasteiger charge is 2.33. The second-order valence-corrected chi connectivity index (χ2v) is 7.36. The van der Waals surface area contributed by atoms with Crippen molar-refractivity contribution >= 4 is 11.5 Å². The summed E-state index contributed by atoms with van der Waals surface area (Å²) in [6.07, 6.45) is 4.05. The highest BCUT2D eigenvalue weighted by atomic mass is 16.4. The van der Waals surface area contributed by atoms with Gasteiger partial charge >= 0.3 is 0 Å². The highest BCUT2D eigenvalue weighted by Crippen LogP contribution is 2.33. The molecule has 0 saturated carbocycles. The Morgan fingerprint density at radius 1 is 1.33 bits per heavy atom. The molecule has 4 heterocycles. The first kappa shape index (κ1) is 18.2. The van der Waals surface area contributed by atoms with Gasteiger partial charge in [0.25, 0.3) is 0 Å². The zero-order valence-electron chi connectivity index (χ0n) is 16.1. The number of hydrogen-bond donors (Lipinski definition) is 3. The van der Waals surface area contributed by atoms with Crippen molar-refractivity contribution in [3.05, 3.63) is 35.7 Å². The SMILES string of the molecule is Cc1nc(C)c(CN2c3cccnc3NC2NC2CCN(CCN)CC2)o1. The fourth-order valence-electron chi connectivity index (χ4n) is 4.00. The second kappa shape index (κ2) is 7.84. The van der Waals surface area contributed by atoms with Crippen LogP contribution in [0.5, 0.6) is 0 Å². The average molecular weight is 371 g/mol. The zero-order valence-corrected chi connectivity index (χ0v) is 16.1. The number of aromatic nitrogens is 2. The standard InChI is InChI=1S/C19H29N7O/c1-13-17(27-14(2)22-13)12-26-16-4-3-8-21-18(16)24-19(26)23-15-5-9-25(10-6-15)11-7-20/h3-4,8,15,19,23H,5-7,9-12,20H2,1-2H3,(H,21,24). The highest BCUT2D eigenvalue weighted by molar-refractivity contribution is 5.71. The first-order chi connectivity index (χ1) is 13.1. The van der Waals surface area contributed by atoms with Gasteiger partial charge in [-0.3, -0.25) is 5.32 Å². The van der Waals surface area contributed by atoms with Gasteiger partial charge in [-0.05, 0) is 45.0 Å². The molecule has 8 heteroatoms. The Morgan fingerprint density at radius 2 is 2.15 bits per heavy atom. The molecule has 0 aliphatic carbocycles. The maximum absolute atomic E-state index is 5.82.